The maximum absolute atomic E-state index is 12.0. The van der Waals surface area contributed by atoms with Gasteiger partial charge in [-0.1, -0.05) is 12.1 Å². The van der Waals surface area contributed by atoms with Gasteiger partial charge >= 0.3 is 6.03 Å². The number of hydrogen-bond donors (Lipinski definition) is 2. The van der Waals surface area contributed by atoms with Gasteiger partial charge in [0.15, 0.2) is 0 Å². The van der Waals surface area contributed by atoms with Crippen LogP contribution < -0.4 is 15.4 Å². The van der Waals surface area contributed by atoms with Crippen LogP contribution in [0.25, 0.3) is 22.2 Å². The normalized spacial score (nSPS) is 10.6. The summed E-state index contributed by atoms with van der Waals surface area (Å²) in [5.41, 5.74) is 3.84. The zero-order valence-electron chi connectivity index (χ0n) is 16.8. The molecule has 0 atom stereocenters. The number of nitrogens with one attached hydrogen (secondary N) is 2. The molecule has 3 aromatic rings. The number of benzene rings is 2. The highest BCUT2D eigenvalue weighted by molar-refractivity contribution is 5.96. The summed E-state index contributed by atoms with van der Waals surface area (Å²) in [5.74, 6) is 0.704. The quantitative estimate of drug-likeness (QED) is 0.463. The van der Waals surface area contributed by atoms with Crippen LogP contribution in [0.5, 0.6) is 5.75 Å². The Bertz CT molecular complexity index is 1070. The number of aromatic nitrogens is 1. The van der Waals surface area contributed by atoms with E-state index in [2.05, 4.69) is 21.3 Å². The first-order valence-corrected chi connectivity index (χ1v) is 9.46. The van der Waals surface area contributed by atoms with Crippen LogP contribution in [0, 0.1) is 11.3 Å². The monoisotopic (exact) mass is 392 g/mol. The molecular weight excluding hydrogens is 368 g/mol. The minimum absolute atomic E-state index is 0.145. The Morgan fingerprint density at radius 1 is 1.21 bits per heavy atom. The zero-order valence-corrected chi connectivity index (χ0v) is 16.8. The number of carbonyl (C=O) groups excluding carboxylic acids is 1. The minimum atomic E-state index is -0.350. The van der Waals surface area contributed by atoms with Gasteiger partial charge in [-0.25, -0.2) is 4.79 Å². The van der Waals surface area contributed by atoms with Gasteiger partial charge in [-0.05, 0) is 44.2 Å². The van der Waals surface area contributed by atoms with E-state index in [1.807, 2.05) is 50.2 Å². The van der Waals surface area contributed by atoms with Gasteiger partial charge in [-0.2, -0.15) is 5.26 Å². The topological polar surface area (TPSA) is 88.3 Å². The molecule has 0 spiro atoms. The summed E-state index contributed by atoms with van der Waals surface area (Å²) >= 11 is 0. The van der Waals surface area contributed by atoms with Crippen LogP contribution in [0.15, 0.2) is 42.5 Å². The standard InChI is InChI=1S/C22H24N4O3/c1-4-26-20-10-9-17(28-3)12-18(20)19(13-23)21(26)15-7-6-8-16(11-15)25-22(27)24-14-29-5-2/h6-12H,4-5,14H2,1-3H3,(H2,24,25,27). The van der Waals surface area contributed by atoms with Gasteiger partial charge < -0.3 is 24.7 Å². The van der Waals surface area contributed by atoms with Gasteiger partial charge in [0.25, 0.3) is 0 Å². The number of urea groups is 1. The summed E-state index contributed by atoms with van der Waals surface area (Å²) in [6.45, 7) is 5.27. The van der Waals surface area contributed by atoms with Crippen molar-refractivity contribution in [2.75, 3.05) is 25.8 Å². The van der Waals surface area contributed by atoms with Crippen LogP contribution in [0.2, 0.25) is 0 Å². The number of aryl methyl sites for hydroxylation is 1. The molecule has 0 aliphatic rings. The predicted molar refractivity (Wildman–Crippen MR) is 113 cm³/mol. The summed E-state index contributed by atoms with van der Waals surface area (Å²) in [5, 5.41) is 16.2. The fourth-order valence-corrected chi connectivity index (χ4v) is 3.34. The Balaban J connectivity index is 2.02. The van der Waals surface area contributed by atoms with Crippen molar-refractivity contribution in [3.05, 3.63) is 48.0 Å². The summed E-state index contributed by atoms with van der Waals surface area (Å²) < 4.78 is 12.6. The Hall–Kier alpha value is -3.50. The van der Waals surface area contributed by atoms with Crippen LogP contribution in [-0.4, -0.2) is 31.0 Å². The SMILES string of the molecule is CCOCNC(=O)Nc1cccc(-c2c(C#N)c3cc(OC)ccc3n2CC)c1. The lowest BCUT2D eigenvalue weighted by atomic mass is 10.1. The van der Waals surface area contributed by atoms with Crippen LogP contribution in [0.1, 0.15) is 19.4 Å². The second-order valence-electron chi connectivity index (χ2n) is 6.31. The summed E-state index contributed by atoms with van der Waals surface area (Å²) in [7, 11) is 1.61. The predicted octanol–water partition coefficient (Wildman–Crippen LogP) is 4.32. The van der Waals surface area contributed by atoms with Crippen molar-refractivity contribution in [2.45, 2.75) is 20.4 Å². The fraction of sp³-hybridized carbons (Fsp3) is 0.273. The van der Waals surface area contributed by atoms with Gasteiger partial charge in [0, 0.05) is 29.8 Å². The number of ether oxygens (including phenoxy) is 2. The molecule has 3 rings (SSSR count). The third-order valence-electron chi connectivity index (χ3n) is 4.63. The lowest BCUT2D eigenvalue weighted by Crippen LogP contribution is -2.30. The number of nitrogens with zero attached hydrogens (tertiary/aromatic N) is 2. The van der Waals surface area contributed by atoms with E-state index in [4.69, 9.17) is 9.47 Å². The van der Waals surface area contributed by atoms with E-state index in [1.165, 1.54) is 0 Å². The second kappa shape index (κ2) is 9.13. The molecule has 2 amide bonds. The molecular formula is C22H24N4O3. The maximum atomic E-state index is 12.0. The summed E-state index contributed by atoms with van der Waals surface area (Å²) in [6.07, 6.45) is 0. The number of hydrogen-bond acceptors (Lipinski definition) is 4. The highest BCUT2D eigenvalue weighted by atomic mass is 16.5. The first kappa shape index (κ1) is 20.2. The summed E-state index contributed by atoms with van der Waals surface area (Å²) in [4.78, 5) is 12.0. The van der Waals surface area contributed by atoms with E-state index >= 15 is 0 Å². The number of fused-ring (bicyclic) bond motifs is 1. The van der Waals surface area contributed by atoms with Crippen LogP contribution in [0.3, 0.4) is 0 Å². The Morgan fingerprint density at radius 3 is 2.72 bits per heavy atom. The van der Waals surface area contributed by atoms with Gasteiger partial charge in [0.2, 0.25) is 0 Å². The highest BCUT2D eigenvalue weighted by Gasteiger charge is 2.19. The van der Waals surface area contributed by atoms with E-state index in [9.17, 15) is 10.1 Å². The Labute approximate surface area is 169 Å². The molecule has 0 bridgehead atoms. The molecule has 2 aromatic carbocycles. The lowest BCUT2D eigenvalue weighted by Gasteiger charge is -2.11. The average Bonchev–Trinajstić information content (AvgIpc) is 3.06. The first-order chi connectivity index (χ1) is 14.1. The first-order valence-electron chi connectivity index (χ1n) is 9.46. The van der Waals surface area contributed by atoms with Gasteiger partial charge in [-0.3, -0.25) is 0 Å². The van der Waals surface area contributed by atoms with E-state index in [1.54, 1.807) is 13.2 Å². The van der Waals surface area contributed by atoms with Gasteiger partial charge in [0.05, 0.1) is 23.9 Å². The smallest absolute Gasteiger partial charge is 0.321 e. The van der Waals surface area contributed by atoms with Crippen molar-refractivity contribution in [3.8, 4) is 23.1 Å². The number of amides is 2. The molecule has 1 heterocycles. The number of nitriles is 1. The molecule has 0 saturated carbocycles. The van der Waals surface area contributed by atoms with Crippen molar-refractivity contribution < 1.29 is 14.3 Å². The molecule has 7 heteroatoms. The molecule has 2 N–H and O–H groups in total. The van der Waals surface area contributed by atoms with E-state index in [0.29, 0.717) is 30.2 Å². The van der Waals surface area contributed by atoms with Crippen molar-refractivity contribution >= 4 is 22.6 Å². The fourth-order valence-electron chi connectivity index (χ4n) is 3.34. The number of carbonyl (C=O) groups is 1. The molecule has 29 heavy (non-hydrogen) atoms. The molecule has 0 aliphatic heterocycles. The molecule has 0 saturated heterocycles. The van der Waals surface area contributed by atoms with Crippen LogP contribution in [-0.2, 0) is 11.3 Å². The van der Waals surface area contributed by atoms with Crippen LogP contribution >= 0.6 is 0 Å². The lowest BCUT2D eigenvalue weighted by molar-refractivity contribution is 0.134. The molecule has 1 aromatic heterocycles. The maximum Gasteiger partial charge on any atom is 0.321 e. The molecule has 7 nitrogen and oxygen atoms in total. The largest absolute Gasteiger partial charge is 0.497 e. The number of anilines is 1. The summed E-state index contributed by atoms with van der Waals surface area (Å²) in [6, 6.07) is 15.2. The minimum Gasteiger partial charge on any atom is -0.497 e. The molecule has 0 fully saturated rings. The second-order valence-corrected chi connectivity index (χ2v) is 6.31. The van der Waals surface area contributed by atoms with Crippen molar-refractivity contribution in [1.82, 2.24) is 9.88 Å². The molecule has 150 valence electrons. The zero-order chi connectivity index (χ0) is 20.8. The Kier molecular flexibility index (Phi) is 6.37. The highest BCUT2D eigenvalue weighted by Crippen LogP contribution is 2.36. The molecule has 0 aliphatic carbocycles. The van der Waals surface area contributed by atoms with E-state index < -0.39 is 0 Å². The number of rotatable bonds is 7. The van der Waals surface area contributed by atoms with Crippen molar-refractivity contribution in [1.29, 1.82) is 5.26 Å². The van der Waals surface area contributed by atoms with Crippen molar-refractivity contribution in [2.24, 2.45) is 0 Å². The van der Waals surface area contributed by atoms with Crippen molar-refractivity contribution in [3.63, 3.8) is 0 Å². The van der Waals surface area contributed by atoms with Gasteiger partial charge in [-0.15, -0.1) is 0 Å². The van der Waals surface area contributed by atoms with Gasteiger partial charge in [0.1, 0.15) is 18.5 Å². The third-order valence-corrected chi connectivity index (χ3v) is 4.63. The van der Waals surface area contributed by atoms with Crippen LogP contribution in [0.4, 0.5) is 10.5 Å². The third kappa shape index (κ3) is 4.18. The molecule has 0 unspecified atom stereocenters. The average molecular weight is 392 g/mol. The van der Waals surface area contributed by atoms with E-state index in [0.717, 1.165) is 22.2 Å². The van der Waals surface area contributed by atoms with E-state index in [-0.39, 0.29) is 12.8 Å². The molecule has 0 radical (unpaired) electrons. The number of methoxy groups -OCH3 is 1. The Morgan fingerprint density at radius 2 is 2.03 bits per heavy atom.